The van der Waals surface area contributed by atoms with E-state index in [0.29, 0.717) is 16.7 Å². The normalized spacial score (nSPS) is 10.7. The number of thiazole rings is 1. The van der Waals surface area contributed by atoms with Crippen molar-refractivity contribution in [2.45, 2.75) is 0 Å². The van der Waals surface area contributed by atoms with Gasteiger partial charge in [0.15, 0.2) is 16.6 Å². The Morgan fingerprint density at radius 3 is 2.77 bits per heavy atom. The van der Waals surface area contributed by atoms with Crippen molar-refractivity contribution >= 4 is 22.4 Å². The van der Waals surface area contributed by atoms with Crippen LogP contribution in [0.15, 0.2) is 63.0 Å². The molecule has 3 heterocycles. The molecular weight excluding hydrogens is 354 g/mol. The summed E-state index contributed by atoms with van der Waals surface area (Å²) >= 11 is 1.33. The Hall–Kier alpha value is -3.39. The fourth-order valence-corrected chi connectivity index (χ4v) is 3.02. The number of benzene rings is 1. The highest BCUT2D eigenvalue weighted by molar-refractivity contribution is 7.14. The quantitative estimate of drug-likeness (QED) is 0.565. The predicted molar refractivity (Wildman–Crippen MR) is 96.3 cm³/mol. The molecule has 0 unspecified atom stereocenters. The van der Waals surface area contributed by atoms with Gasteiger partial charge in [0.25, 0.3) is 5.91 Å². The van der Waals surface area contributed by atoms with Crippen molar-refractivity contribution in [2.24, 2.45) is 0 Å². The minimum absolute atomic E-state index is 0.151. The number of methoxy groups -OCH3 is 1. The lowest BCUT2D eigenvalue weighted by molar-refractivity contribution is 0.101. The first kappa shape index (κ1) is 16.1. The van der Waals surface area contributed by atoms with E-state index in [0.717, 1.165) is 17.0 Å². The number of carbonyl (C=O) groups excluding carboxylic acids is 1. The molecule has 3 aromatic heterocycles. The molecule has 0 atom stereocenters. The summed E-state index contributed by atoms with van der Waals surface area (Å²) in [6.45, 7) is 0. The molecule has 0 saturated heterocycles. The summed E-state index contributed by atoms with van der Waals surface area (Å²) in [5.74, 6) is 1.27. The van der Waals surface area contributed by atoms with Gasteiger partial charge in [0, 0.05) is 17.0 Å². The van der Waals surface area contributed by atoms with Crippen LogP contribution in [0.4, 0.5) is 5.13 Å². The maximum atomic E-state index is 12.3. The molecule has 0 aliphatic carbocycles. The SMILES string of the molecule is COc1ccc(-c2csc(NC(=O)c3cc(-c4ccco4)on3)n2)cc1. The van der Waals surface area contributed by atoms with Gasteiger partial charge in [0.2, 0.25) is 5.76 Å². The molecule has 1 amide bonds. The molecule has 4 rings (SSSR count). The number of hydrogen-bond acceptors (Lipinski definition) is 7. The van der Waals surface area contributed by atoms with Crippen molar-refractivity contribution in [1.82, 2.24) is 10.1 Å². The summed E-state index contributed by atoms with van der Waals surface area (Å²) < 4.78 is 15.5. The molecule has 26 heavy (non-hydrogen) atoms. The molecule has 0 spiro atoms. The van der Waals surface area contributed by atoms with E-state index >= 15 is 0 Å². The number of furan rings is 1. The monoisotopic (exact) mass is 367 g/mol. The van der Waals surface area contributed by atoms with Crippen molar-refractivity contribution in [1.29, 1.82) is 0 Å². The number of anilines is 1. The van der Waals surface area contributed by atoms with Crippen molar-refractivity contribution in [3.8, 4) is 28.5 Å². The third kappa shape index (κ3) is 3.22. The second-order valence-electron chi connectivity index (χ2n) is 5.27. The molecule has 4 aromatic rings. The molecule has 0 aliphatic heterocycles. The summed E-state index contributed by atoms with van der Waals surface area (Å²) in [6, 6.07) is 12.5. The lowest BCUT2D eigenvalue weighted by atomic mass is 10.2. The van der Waals surface area contributed by atoms with E-state index in [1.807, 2.05) is 29.6 Å². The van der Waals surface area contributed by atoms with Crippen LogP contribution in [0.5, 0.6) is 5.75 Å². The summed E-state index contributed by atoms with van der Waals surface area (Å²) in [7, 11) is 1.62. The number of aromatic nitrogens is 2. The number of amides is 1. The van der Waals surface area contributed by atoms with Crippen molar-refractivity contribution in [3.63, 3.8) is 0 Å². The van der Waals surface area contributed by atoms with Gasteiger partial charge in [-0.05, 0) is 36.4 Å². The van der Waals surface area contributed by atoms with E-state index in [1.165, 1.54) is 23.7 Å². The molecule has 1 aromatic carbocycles. The molecule has 7 nitrogen and oxygen atoms in total. The van der Waals surface area contributed by atoms with Crippen LogP contribution in [0, 0.1) is 0 Å². The summed E-state index contributed by atoms with van der Waals surface area (Å²) in [5, 5.41) is 8.83. The Morgan fingerprint density at radius 1 is 1.19 bits per heavy atom. The van der Waals surface area contributed by atoms with E-state index in [4.69, 9.17) is 13.7 Å². The van der Waals surface area contributed by atoms with Crippen LogP contribution in [-0.4, -0.2) is 23.2 Å². The Balaban J connectivity index is 1.47. The average Bonchev–Trinajstić information content (AvgIpc) is 3.41. The fourth-order valence-electron chi connectivity index (χ4n) is 2.30. The third-order valence-corrected chi connectivity index (χ3v) is 4.37. The summed E-state index contributed by atoms with van der Waals surface area (Å²) in [5.41, 5.74) is 1.85. The third-order valence-electron chi connectivity index (χ3n) is 3.62. The molecule has 0 fully saturated rings. The van der Waals surface area contributed by atoms with Crippen LogP contribution in [-0.2, 0) is 0 Å². The number of ether oxygens (including phenoxy) is 1. The van der Waals surface area contributed by atoms with E-state index < -0.39 is 5.91 Å². The first-order valence-electron chi connectivity index (χ1n) is 7.65. The predicted octanol–water partition coefficient (Wildman–Crippen LogP) is 4.32. The van der Waals surface area contributed by atoms with Crippen molar-refractivity contribution in [3.05, 3.63) is 59.8 Å². The maximum absolute atomic E-state index is 12.3. The van der Waals surface area contributed by atoms with Gasteiger partial charge in [-0.1, -0.05) is 5.16 Å². The molecule has 130 valence electrons. The first-order chi connectivity index (χ1) is 12.7. The zero-order valence-electron chi connectivity index (χ0n) is 13.6. The Labute approximate surface area is 152 Å². The molecule has 0 bridgehead atoms. The van der Waals surface area contributed by atoms with Crippen LogP contribution in [0.3, 0.4) is 0 Å². The second-order valence-corrected chi connectivity index (χ2v) is 6.13. The number of hydrogen-bond donors (Lipinski definition) is 1. The number of carbonyl (C=O) groups is 1. The Bertz CT molecular complexity index is 1020. The topological polar surface area (TPSA) is 90.4 Å². The van der Waals surface area contributed by atoms with Crippen LogP contribution in [0.1, 0.15) is 10.5 Å². The van der Waals surface area contributed by atoms with E-state index in [1.54, 1.807) is 19.2 Å². The van der Waals surface area contributed by atoms with Gasteiger partial charge < -0.3 is 13.7 Å². The van der Waals surface area contributed by atoms with Gasteiger partial charge in [-0.25, -0.2) is 4.98 Å². The van der Waals surface area contributed by atoms with E-state index in [2.05, 4.69) is 15.5 Å². The highest BCUT2D eigenvalue weighted by atomic mass is 32.1. The van der Waals surface area contributed by atoms with Crippen LogP contribution < -0.4 is 10.1 Å². The zero-order valence-corrected chi connectivity index (χ0v) is 14.4. The Kier molecular flexibility index (Phi) is 4.24. The van der Waals surface area contributed by atoms with Gasteiger partial charge in [-0.15, -0.1) is 11.3 Å². The maximum Gasteiger partial charge on any atom is 0.279 e. The summed E-state index contributed by atoms with van der Waals surface area (Å²) in [4.78, 5) is 16.7. The number of nitrogens with zero attached hydrogens (tertiary/aromatic N) is 2. The van der Waals surface area contributed by atoms with Crippen LogP contribution in [0.25, 0.3) is 22.8 Å². The van der Waals surface area contributed by atoms with Crippen LogP contribution in [0.2, 0.25) is 0 Å². The smallest absolute Gasteiger partial charge is 0.279 e. The zero-order chi connectivity index (χ0) is 17.9. The molecule has 1 N–H and O–H groups in total. The lowest BCUT2D eigenvalue weighted by Crippen LogP contribution is -2.11. The molecule has 0 radical (unpaired) electrons. The molecule has 0 aliphatic rings. The molecule has 0 saturated carbocycles. The fraction of sp³-hybridized carbons (Fsp3) is 0.0556. The highest BCUT2D eigenvalue weighted by Gasteiger charge is 2.16. The minimum atomic E-state index is -0.401. The van der Waals surface area contributed by atoms with Gasteiger partial charge >= 0.3 is 0 Å². The second kappa shape index (κ2) is 6.85. The largest absolute Gasteiger partial charge is 0.497 e. The van der Waals surface area contributed by atoms with Gasteiger partial charge in [-0.3, -0.25) is 10.1 Å². The van der Waals surface area contributed by atoms with E-state index in [-0.39, 0.29) is 5.69 Å². The van der Waals surface area contributed by atoms with Crippen molar-refractivity contribution in [2.75, 3.05) is 12.4 Å². The first-order valence-corrected chi connectivity index (χ1v) is 8.53. The lowest BCUT2D eigenvalue weighted by Gasteiger charge is -2.00. The minimum Gasteiger partial charge on any atom is -0.497 e. The average molecular weight is 367 g/mol. The van der Waals surface area contributed by atoms with Gasteiger partial charge in [-0.2, -0.15) is 0 Å². The number of nitrogens with one attached hydrogen (secondary N) is 1. The standard InChI is InChI=1S/C18H13N3O4S/c1-23-12-6-4-11(5-7-12)14-10-26-18(19-14)20-17(22)13-9-16(25-21-13)15-3-2-8-24-15/h2-10H,1H3,(H,19,20,22). The van der Waals surface area contributed by atoms with Gasteiger partial charge in [0.05, 0.1) is 19.1 Å². The van der Waals surface area contributed by atoms with Gasteiger partial charge in [0.1, 0.15) is 5.75 Å². The highest BCUT2D eigenvalue weighted by Crippen LogP contribution is 2.27. The summed E-state index contributed by atoms with van der Waals surface area (Å²) in [6.07, 6.45) is 1.52. The van der Waals surface area contributed by atoms with Crippen molar-refractivity contribution < 1.29 is 18.5 Å². The Morgan fingerprint density at radius 2 is 2.04 bits per heavy atom. The molecule has 8 heteroatoms. The van der Waals surface area contributed by atoms with Crippen LogP contribution >= 0.6 is 11.3 Å². The molecular formula is C18H13N3O4S. The number of rotatable bonds is 5. The van der Waals surface area contributed by atoms with E-state index in [9.17, 15) is 4.79 Å².